The molecule has 4 N–H and O–H groups in total. The molecule has 0 saturated carbocycles. The van der Waals surface area contributed by atoms with Crippen molar-refractivity contribution in [1.82, 2.24) is 5.32 Å². The summed E-state index contributed by atoms with van der Waals surface area (Å²) in [6, 6.07) is 0. The van der Waals surface area contributed by atoms with Gasteiger partial charge in [0.25, 0.3) is 0 Å². The van der Waals surface area contributed by atoms with Gasteiger partial charge in [-0.25, -0.2) is 0 Å². The summed E-state index contributed by atoms with van der Waals surface area (Å²) in [5.41, 5.74) is 5.50. The Morgan fingerprint density at radius 1 is 1.38 bits per heavy atom. The van der Waals surface area contributed by atoms with Crippen LogP contribution in [-0.2, 0) is 4.79 Å². The Morgan fingerprint density at radius 2 is 2.06 bits per heavy atom. The van der Waals surface area contributed by atoms with Crippen molar-refractivity contribution in [2.75, 3.05) is 13.1 Å². The highest BCUT2D eigenvalue weighted by molar-refractivity contribution is 5.75. The van der Waals surface area contributed by atoms with E-state index in [9.17, 15) is 4.79 Å². The van der Waals surface area contributed by atoms with Crippen molar-refractivity contribution < 1.29 is 9.90 Å². The van der Waals surface area contributed by atoms with Crippen LogP contribution in [0.2, 0.25) is 0 Å². The van der Waals surface area contributed by atoms with Gasteiger partial charge in [0.15, 0.2) is 0 Å². The molecule has 0 rings (SSSR count). The van der Waals surface area contributed by atoms with Gasteiger partial charge in [-0.05, 0) is 38.6 Å². The maximum atomic E-state index is 11.4. The Labute approximate surface area is 98.6 Å². The first kappa shape index (κ1) is 15.4. The summed E-state index contributed by atoms with van der Waals surface area (Å²) in [4.78, 5) is 11.4. The number of nitrogens with two attached hydrogens (primary N) is 1. The second-order valence-corrected chi connectivity index (χ2v) is 4.38. The first-order valence-corrected chi connectivity index (χ1v) is 6.25. The number of hydrogen-bond donors (Lipinski definition) is 3. The van der Waals surface area contributed by atoms with Crippen molar-refractivity contribution in [2.24, 2.45) is 11.7 Å². The zero-order chi connectivity index (χ0) is 12.4. The minimum Gasteiger partial charge on any atom is -0.393 e. The fraction of sp³-hybridized carbons (Fsp3) is 0.917. The average Bonchev–Trinajstić information content (AvgIpc) is 2.23. The topological polar surface area (TPSA) is 75.4 Å². The fourth-order valence-corrected chi connectivity index (χ4v) is 1.63. The van der Waals surface area contributed by atoms with Crippen LogP contribution in [-0.4, -0.2) is 30.2 Å². The van der Waals surface area contributed by atoms with Crippen molar-refractivity contribution >= 4 is 5.91 Å². The molecule has 0 fully saturated rings. The summed E-state index contributed by atoms with van der Waals surface area (Å²) < 4.78 is 0. The molecule has 4 nitrogen and oxygen atoms in total. The van der Waals surface area contributed by atoms with Gasteiger partial charge in [0, 0.05) is 13.0 Å². The van der Waals surface area contributed by atoms with Gasteiger partial charge in [-0.2, -0.15) is 0 Å². The Morgan fingerprint density at radius 3 is 2.56 bits per heavy atom. The van der Waals surface area contributed by atoms with Gasteiger partial charge in [-0.3, -0.25) is 4.79 Å². The Hall–Kier alpha value is -0.610. The standard InChI is InChI=1S/C12H26N2O2/c1-3-11(6-8-13)4-5-12(16)14-9-7-10(2)15/h10-11,15H,3-9,13H2,1-2H3,(H,14,16). The van der Waals surface area contributed by atoms with Crippen LogP contribution < -0.4 is 11.1 Å². The van der Waals surface area contributed by atoms with Crippen molar-refractivity contribution in [3.05, 3.63) is 0 Å². The smallest absolute Gasteiger partial charge is 0.220 e. The highest BCUT2D eigenvalue weighted by Gasteiger charge is 2.08. The predicted molar refractivity (Wildman–Crippen MR) is 66.0 cm³/mol. The van der Waals surface area contributed by atoms with Gasteiger partial charge in [0.1, 0.15) is 0 Å². The third-order valence-corrected chi connectivity index (χ3v) is 2.82. The zero-order valence-electron chi connectivity index (χ0n) is 10.5. The SMILES string of the molecule is CCC(CCN)CCC(=O)NCCC(C)O. The molecule has 0 aromatic heterocycles. The van der Waals surface area contributed by atoms with Crippen molar-refractivity contribution in [3.63, 3.8) is 0 Å². The van der Waals surface area contributed by atoms with Crippen LogP contribution in [0.5, 0.6) is 0 Å². The van der Waals surface area contributed by atoms with E-state index in [-0.39, 0.29) is 12.0 Å². The Kier molecular flexibility index (Phi) is 9.24. The van der Waals surface area contributed by atoms with Gasteiger partial charge in [0.05, 0.1) is 6.10 Å². The maximum absolute atomic E-state index is 11.4. The molecule has 0 aliphatic heterocycles. The lowest BCUT2D eigenvalue weighted by Gasteiger charge is -2.13. The molecule has 1 amide bonds. The summed E-state index contributed by atoms with van der Waals surface area (Å²) in [7, 11) is 0. The summed E-state index contributed by atoms with van der Waals surface area (Å²) in [6.45, 7) is 5.11. The van der Waals surface area contributed by atoms with E-state index in [1.165, 1.54) is 0 Å². The number of nitrogens with one attached hydrogen (secondary N) is 1. The quantitative estimate of drug-likeness (QED) is 0.554. The average molecular weight is 230 g/mol. The van der Waals surface area contributed by atoms with Crippen LogP contribution in [0, 0.1) is 5.92 Å². The second-order valence-electron chi connectivity index (χ2n) is 4.38. The fourth-order valence-electron chi connectivity index (χ4n) is 1.63. The molecule has 0 radical (unpaired) electrons. The lowest BCUT2D eigenvalue weighted by atomic mass is 9.96. The highest BCUT2D eigenvalue weighted by atomic mass is 16.3. The molecule has 96 valence electrons. The molecular weight excluding hydrogens is 204 g/mol. The molecule has 0 aliphatic carbocycles. The molecule has 2 atom stereocenters. The second kappa shape index (κ2) is 9.60. The van der Waals surface area contributed by atoms with Crippen LogP contribution in [0.4, 0.5) is 0 Å². The minimum atomic E-state index is -0.346. The van der Waals surface area contributed by atoms with E-state index in [0.717, 1.165) is 19.3 Å². The summed E-state index contributed by atoms with van der Waals surface area (Å²) in [5.74, 6) is 0.642. The minimum absolute atomic E-state index is 0.0797. The normalized spacial score (nSPS) is 14.5. The molecule has 0 spiro atoms. The highest BCUT2D eigenvalue weighted by Crippen LogP contribution is 2.14. The third-order valence-electron chi connectivity index (χ3n) is 2.82. The van der Waals surface area contributed by atoms with Gasteiger partial charge >= 0.3 is 0 Å². The molecule has 0 aromatic carbocycles. The van der Waals surface area contributed by atoms with Crippen LogP contribution in [0.15, 0.2) is 0 Å². The van der Waals surface area contributed by atoms with E-state index >= 15 is 0 Å². The van der Waals surface area contributed by atoms with Gasteiger partial charge < -0.3 is 16.2 Å². The van der Waals surface area contributed by atoms with E-state index < -0.39 is 0 Å². The number of aliphatic hydroxyl groups excluding tert-OH is 1. The van der Waals surface area contributed by atoms with E-state index in [1.54, 1.807) is 6.92 Å². The van der Waals surface area contributed by atoms with E-state index in [4.69, 9.17) is 10.8 Å². The predicted octanol–water partition coefficient (Wildman–Crippen LogP) is 1.03. The summed E-state index contributed by atoms with van der Waals surface area (Å²) in [6.07, 6.45) is 3.83. The Balaban J connectivity index is 3.55. The lowest BCUT2D eigenvalue weighted by Crippen LogP contribution is -2.26. The summed E-state index contributed by atoms with van der Waals surface area (Å²) >= 11 is 0. The molecule has 16 heavy (non-hydrogen) atoms. The first-order valence-electron chi connectivity index (χ1n) is 6.25. The van der Waals surface area contributed by atoms with E-state index in [1.807, 2.05) is 0 Å². The van der Waals surface area contributed by atoms with Gasteiger partial charge in [-0.15, -0.1) is 0 Å². The van der Waals surface area contributed by atoms with Gasteiger partial charge in [-0.1, -0.05) is 13.3 Å². The number of amides is 1. The first-order chi connectivity index (χ1) is 7.60. The lowest BCUT2D eigenvalue weighted by molar-refractivity contribution is -0.121. The Bertz CT molecular complexity index is 184. The molecule has 4 heteroatoms. The zero-order valence-corrected chi connectivity index (χ0v) is 10.5. The van der Waals surface area contributed by atoms with Crippen molar-refractivity contribution in [2.45, 2.75) is 52.1 Å². The summed E-state index contributed by atoms with van der Waals surface area (Å²) in [5, 5.41) is 11.8. The number of rotatable bonds is 9. The molecular formula is C12H26N2O2. The van der Waals surface area contributed by atoms with Crippen LogP contribution in [0.25, 0.3) is 0 Å². The molecule has 0 bridgehead atoms. The molecule has 0 saturated heterocycles. The van der Waals surface area contributed by atoms with Crippen LogP contribution in [0.1, 0.15) is 46.0 Å². The maximum Gasteiger partial charge on any atom is 0.220 e. The van der Waals surface area contributed by atoms with E-state index in [2.05, 4.69) is 12.2 Å². The van der Waals surface area contributed by atoms with Crippen molar-refractivity contribution in [3.8, 4) is 0 Å². The number of carbonyl (C=O) groups is 1. The van der Waals surface area contributed by atoms with Crippen LogP contribution >= 0.6 is 0 Å². The van der Waals surface area contributed by atoms with Crippen LogP contribution in [0.3, 0.4) is 0 Å². The van der Waals surface area contributed by atoms with Gasteiger partial charge in [0.2, 0.25) is 5.91 Å². The molecule has 0 aromatic rings. The molecule has 0 heterocycles. The molecule has 2 unspecified atom stereocenters. The van der Waals surface area contributed by atoms with Crippen molar-refractivity contribution in [1.29, 1.82) is 0 Å². The monoisotopic (exact) mass is 230 g/mol. The number of carbonyl (C=O) groups excluding carboxylic acids is 1. The molecule has 0 aliphatic rings. The number of aliphatic hydroxyl groups is 1. The largest absolute Gasteiger partial charge is 0.393 e. The number of hydrogen-bond acceptors (Lipinski definition) is 3. The third kappa shape index (κ3) is 8.68. The van der Waals surface area contributed by atoms with E-state index in [0.29, 0.717) is 31.8 Å².